The standard InChI is InChI=1S/C16H23NO3S/c1-4-16(5-2,15(19)20)10-14(18)17-13-8-6-12(7-9-13)11-21-3/h6-9H,4-5,10-11H2,1-3H3,(H,17,18)(H,19,20). The van der Waals surface area contributed by atoms with Gasteiger partial charge in [0.1, 0.15) is 0 Å². The molecule has 4 nitrogen and oxygen atoms in total. The second kappa shape index (κ2) is 8.08. The molecule has 0 saturated carbocycles. The molecule has 1 amide bonds. The molecule has 0 atom stereocenters. The van der Waals surface area contributed by atoms with Gasteiger partial charge in [-0.2, -0.15) is 11.8 Å². The van der Waals surface area contributed by atoms with Gasteiger partial charge in [0.2, 0.25) is 5.91 Å². The van der Waals surface area contributed by atoms with Crippen LogP contribution in [0.3, 0.4) is 0 Å². The summed E-state index contributed by atoms with van der Waals surface area (Å²) >= 11 is 1.74. The summed E-state index contributed by atoms with van der Waals surface area (Å²) in [5, 5.41) is 12.1. The van der Waals surface area contributed by atoms with E-state index in [-0.39, 0.29) is 12.3 Å². The van der Waals surface area contributed by atoms with Crippen molar-refractivity contribution in [3.63, 3.8) is 0 Å². The fourth-order valence-corrected chi connectivity index (χ4v) is 2.77. The highest BCUT2D eigenvalue weighted by molar-refractivity contribution is 7.97. The second-order valence-corrected chi connectivity index (χ2v) is 6.01. The highest BCUT2D eigenvalue weighted by atomic mass is 32.2. The van der Waals surface area contributed by atoms with Gasteiger partial charge in [-0.1, -0.05) is 26.0 Å². The number of thioether (sulfide) groups is 1. The van der Waals surface area contributed by atoms with Gasteiger partial charge in [-0.25, -0.2) is 0 Å². The topological polar surface area (TPSA) is 66.4 Å². The van der Waals surface area contributed by atoms with E-state index in [4.69, 9.17) is 0 Å². The Morgan fingerprint density at radius 1 is 1.19 bits per heavy atom. The van der Waals surface area contributed by atoms with E-state index >= 15 is 0 Å². The van der Waals surface area contributed by atoms with Crippen LogP contribution in [0.1, 0.15) is 38.7 Å². The van der Waals surface area contributed by atoms with Gasteiger partial charge in [0, 0.05) is 17.9 Å². The fraction of sp³-hybridized carbons (Fsp3) is 0.500. The smallest absolute Gasteiger partial charge is 0.310 e. The number of anilines is 1. The molecule has 0 aromatic heterocycles. The van der Waals surface area contributed by atoms with E-state index in [1.54, 1.807) is 11.8 Å². The molecule has 0 aliphatic heterocycles. The van der Waals surface area contributed by atoms with Crippen LogP contribution in [-0.2, 0) is 15.3 Å². The van der Waals surface area contributed by atoms with Crippen molar-refractivity contribution < 1.29 is 14.7 Å². The van der Waals surface area contributed by atoms with Gasteiger partial charge in [-0.3, -0.25) is 9.59 Å². The molecular weight excluding hydrogens is 286 g/mol. The maximum atomic E-state index is 12.1. The molecule has 0 heterocycles. The zero-order chi connectivity index (χ0) is 15.9. The molecule has 0 aliphatic carbocycles. The third-order valence-electron chi connectivity index (χ3n) is 3.85. The van der Waals surface area contributed by atoms with E-state index < -0.39 is 11.4 Å². The summed E-state index contributed by atoms with van der Waals surface area (Å²) in [6, 6.07) is 7.64. The van der Waals surface area contributed by atoms with Crippen LogP contribution in [-0.4, -0.2) is 23.2 Å². The third kappa shape index (κ3) is 4.77. The number of amides is 1. The van der Waals surface area contributed by atoms with E-state index in [1.165, 1.54) is 5.56 Å². The molecule has 0 unspecified atom stereocenters. The summed E-state index contributed by atoms with van der Waals surface area (Å²) in [6.45, 7) is 3.62. The summed E-state index contributed by atoms with van der Waals surface area (Å²) in [4.78, 5) is 23.5. The highest BCUT2D eigenvalue weighted by Gasteiger charge is 2.37. The maximum absolute atomic E-state index is 12.1. The van der Waals surface area contributed by atoms with Crippen molar-refractivity contribution in [2.75, 3.05) is 11.6 Å². The predicted molar refractivity (Wildman–Crippen MR) is 87.6 cm³/mol. The van der Waals surface area contributed by atoms with E-state index in [9.17, 15) is 14.7 Å². The number of hydrogen-bond acceptors (Lipinski definition) is 3. The Hall–Kier alpha value is -1.49. The molecule has 21 heavy (non-hydrogen) atoms. The Morgan fingerprint density at radius 3 is 2.19 bits per heavy atom. The number of hydrogen-bond donors (Lipinski definition) is 2. The van der Waals surface area contributed by atoms with Crippen molar-refractivity contribution in [3.8, 4) is 0 Å². The largest absolute Gasteiger partial charge is 0.481 e. The van der Waals surface area contributed by atoms with Crippen LogP contribution in [0.4, 0.5) is 5.69 Å². The Morgan fingerprint density at radius 2 is 1.76 bits per heavy atom. The summed E-state index contributed by atoms with van der Waals surface area (Å²) < 4.78 is 0. The van der Waals surface area contributed by atoms with Crippen LogP contribution in [0.5, 0.6) is 0 Å². The molecule has 1 aromatic carbocycles. The zero-order valence-corrected chi connectivity index (χ0v) is 13.6. The van der Waals surface area contributed by atoms with Crippen molar-refractivity contribution in [2.45, 2.75) is 38.9 Å². The quantitative estimate of drug-likeness (QED) is 0.767. The number of nitrogens with one attached hydrogen (secondary N) is 1. The van der Waals surface area contributed by atoms with E-state index in [1.807, 2.05) is 44.4 Å². The van der Waals surface area contributed by atoms with Crippen LogP contribution >= 0.6 is 11.8 Å². The average molecular weight is 309 g/mol. The van der Waals surface area contributed by atoms with Crippen LogP contribution in [0.25, 0.3) is 0 Å². The van der Waals surface area contributed by atoms with Crippen LogP contribution < -0.4 is 5.32 Å². The van der Waals surface area contributed by atoms with Gasteiger partial charge in [0.25, 0.3) is 0 Å². The molecule has 0 aliphatic rings. The molecule has 116 valence electrons. The fourth-order valence-electron chi connectivity index (χ4n) is 2.24. The van der Waals surface area contributed by atoms with Crippen LogP contribution in [0, 0.1) is 5.41 Å². The van der Waals surface area contributed by atoms with Crippen LogP contribution in [0.15, 0.2) is 24.3 Å². The summed E-state index contributed by atoms with van der Waals surface area (Å²) in [5.41, 5.74) is 0.932. The molecule has 0 bridgehead atoms. The maximum Gasteiger partial charge on any atom is 0.310 e. The number of carboxylic acid groups (broad SMARTS) is 1. The highest BCUT2D eigenvalue weighted by Crippen LogP contribution is 2.31. The molecule has 0 saturated heterocycles. The number of aliphatic carboxylic acids is 1. The molecule has 0 spiro atoms. The Balaban J connectivity index is 2.70. The lowest BCUT2D eigenvalue weighted by atomic mass is 9.79. The Labute approximate surface area is 130 Å². The monoisotopic (exact) mass is 309 g/mol. The van der Waals surface area contributed by atoms with E-state index in [2.05, 4.69) is 5.32 Å². The SMILES string of the molecule is CCC(CC)(CC(=O)Nc1ccc(CSC)cc1)C(=O)O. The van der Waals surface area contributed by atoms with Crippen molar-refractivity contribution in [2.24, 2.45) is 5.41 Å². The van der Waals surface area contributed by atoms with Gasteiger partial charge in [0.15, 0.2) is 0 Å². The minimum Gasteiger partial charge on any atom is -0.481 e. The molecular formula is C16H23NO3S. The van der Waals surface area contributed by atoms with E-state index in [0.717, 1.165) is 5.75 Å². The van der Waals surface area contributed by atoms with E-state index in [0.29, 0.717) is 18.5 Å². The Kier molecular flexibility index (Phi) is 6.75. The van der Waals surface area contributed by atoms with Crippen molar-refractivity contribution in [3.05, 3.63) is 29.8 Å². The van der Waals surface area contributed by atoms with Crippen molar-refractivity contribution in [1.29, 1.82) is 0 Å². The first kappa shape index (κ1) is 17.6. The Bertz CT molecular complexity index is 481. The lowest BCUT2D eigenvalue weighted by molar-refractivity contribution is -0.151. The number of carboxylic acids is 1. The number of carbonyl (C=O) groups excluding carboxylic acids is 1. The van der Waals surface area contributed by atoms with Gasteiger partial charge in [-0.05, 0) is 36.8 Å². The molecule has 2 N–H and O–H groups in total. The number of carbonyl (C=O) groups is 2. The third-order valence-corrected chi connectivity index (χ3v) is 4.48. The lowest BCUT2D eigenvalue weighted by Gasteiger charge is -2.25. The molecule has 1 aromatic rings. The zero-order valence-electron chi connectivity index (χ0n) is 12.8. The van der Waals surface area contributed by atoms with Gasteiger partial charge in [0.05, 0.1) is 5.41 Å². The molecule has 0 radical (unpaired) electrons. The summed E-state index contributed by atoms with van der Waals surface area (Å²) in [5.74, 6) is -0.223. The summed E-state index contributed by atoms with van der Waals surface area (Å²) in [6.07, 6.45) is 2.93. The molecule has 0 fully saturated rings. The normalized spacial score (nSPS) is 11.2. The average Bonchev–Trinajstić information content (AvgIpc) is 2.47. The number of rotatable bonds is 8. The molecule has 1 rings (SSSR count). The summed E-state index contributed by atoms with van der Waals surface area (Å²) in [7, 11) is 0. The lowest BCUT2D eigenvalue weighted by Crippen LogP contribution is -2.34. The predicted octanol–water partition coefficient (Wildman–Crippen LogP) is 3.77. The van der Waals surface area contributed by atoms with Crippen LogP contribution in [0.2, 0.25) is 0 Å². The van der Waals surface area contributed by atoms with Crippen molar-refractivity contribution >= 4 is 29.3 Å². The van der Waals surface area contributed by atoms with Gasteiger partial charge >= 0.3 is 5.97 Å². The van der Waals surface area contributed by atoms with Gasteiger partial charge < -0.3 is 10.4 Å². The first-order valence-electron chi connectivity index (χ1n) is 7.08. The molecule has 5 heteroatoms. The minimum atomic E-state index is -0.969. The van der Waals surface area contributed by atoms with Gasteiger partial charge in [-0.15, -0.1) is 0 Å². The first-order valence-corrected chi connectivity index (χ1v) is 8.48. The first-order chi connectivity index (χ1) is 9.97. The van der Waals surface area contributed by atoms with Crippen molar-refractivity contribution in [1.82, 2.24) is 0 Å². The minimum absolute atomic E-state index is 0.00188. The number of benzene rings is 1. The second-order valence-electron chi connectivity index (χ2n) is 5.15.